The molecule has 36 heavy (non-hydrogen) atoms. The number of aromatic nitrogens is 6. The predicted octanol–water partition coefficient (Wildman–Crippen LogP) is 2.66. The van der Waals surface area contributed by atoms with Gasteiger partial charge >= 0.3 is 34.7 Å². The molecule has 1 aromatic carbocycles. The lowest BCUT2D eigenvalue weighted by atomic mass is 9.99. The van der Waals surface area contributed by atoms with Crippen LogP contribution in [0.5, 0.6) is 0 Å². The maximum Gasteiger partial charge on any atom is 0.304 e. The van der Waals surface area contributed by atoms with Crippen molar-refractivity contribution in [2.24, 2.45) is 0 Å². The number of benzene rings is 1. The molecule has 12 heteroatoms. The van der Waals surface area contributed by atoms with Crippen LogP contribution in [0.4, 0.5) is 17.7 Å². The lowest BCUT2D eigenvalue weighted by Gasteiger charge is -2.04. The van der Waals surface area contributed by atoms with Crippen molar-refractivity contribution in [1.82, 2.24) is 15.8 Å². The summed E-state index contributed by atoms with van der Waals surface area (Å²) in [5, 5.41) is 12.5. The van der Waals surface area contributed by atoms with Crippen LogP contribution in [-0.2, 0) is 19.6 Å². The molecule has 0 amide bonds. The van der Waals surface area contributed by atoms with Gasteiger partial charge in [0.1, 0.15) is 0 Å². The van der Waals surface area contributed by atoms with Crippen molar-refractivity contribution in [3.05, 3.63) is 18.2 Å². The SMILES string of the molecule is CCCC[n+]1noc(N)c1-c1cc(-c2c(N)on[n+]2CCCC)cc(-c2c(N)on[n+]2CCCC)c1. The molecule has 0 aliphatic heterocycles. The molecule has 0 fully saturated rings. The topological polar surface area (TPSA) is 168 Å². The minimum Gasteiger partial charge on any atom is -0.362 e. The molecule has 0 bridgehead atoms. The number of rotatable bonds is 12. The number of nitrogens with two attached hydrogens (primary N) is 3. The smallest absolute Gasteiger partial charge is 0.304 e. The Labute approximate surface area is 209 Å². The van der Waals surface area contributed by atoms with E-state index in [1.807, 2.05) is 18.2 Å². The van der Waals surface area contributed by atoms with Crippen molar-refractivity contribution in [1.29, 1.82) is 0 Å². The normalized spacial score (nSPS) is 11.4. The zero-order chi connectivity index (χ0) is 25.7. The standard InChI is InChI=1S/C24H36N9O3/c1-4-7-10-31-19(22(25)34-28-31)16-13-17(20-23(26)35-29-32(20)11-8-5-2)15-18(14-16)21-24(27)36-30-33(21)12-9-6-3/h13-15H,4-12,25-27H2,1-3H3/q+3. The summed E-state index contributed by atoms with van der Waals surface area (Å²) in [7, 11) is 0. The van der Waals surface area contributed by atoms with Crippen molar-refractivity contribution >= 4 is 17.7 Å². The van der Waals surface area contributed by atoms with E-state index in [1.165, 1.54) is 0 Å². The molecular weight excluding hydrogens is 462 g/mol. The van der Waals surface area contributed by atoms with E-state index in [9.17, 15) is 0 Å². The first-order chi connectivity index (χ1) is 17.5. The van der Waals surface area contributed by atoms with Crippen molar-refractivity contribution in [2.75, 3.05) is 17.2 Å². The fraction of sp³-hybridized carbons (Fsp3) is 0.500. The Hall–Kier alpha value is -3.96. The van der Waals surface area contributed by atoms with Gasteiger partial charge in [-0.2, -0.15) is 0 Å². The van der Waals surface area contributed by atoms with Crippen LogP contribution >= 0.6 is 0 Å². The molecule has 3 heterocycles. The van der Waals surface area contributed by atoms with Crippen LogP contribution in [0.3, 0.4) is 0 Å². The maximum atomic E-state index is 6.26. The molecule has 0 aliphatic rings. The third kappa shape index (κ3) is 5.02. The van der Waals surface area contributed by atoms with E-state index < -0.39 is 0 Å². The summed E-state index contributed by atoms with van der Waals surface area (Å²) in [6.45, 7) is 8.37. The van der Waals surface area contributed by atoms with E-state index in [-0.39, 0.29) is 17.7 Å². The Morgan fingerprint density at radius 3 is 1.08 bits per heavy atom. The van der Waals surface area contributed by atoms with E-state index in [4.69, 9.17) is 30.8 Å². The van der Waals surface area contributed by atoms with Gasteiger partial charge in [-0.3, -0.25) is 13.6 Å². The maximum absolute atomic E-state index is 6.26. The minimum atomic E-state index is 0.225. The summed E-state index contributed by atoms with van der Waals surface area (Å²) < 4.78 is 21.5. The molecule has 0 unspecified atom stereocenters. The highest BCUT2D eigenvalue weighted by molar-refractivity contribution is 5.81. The van der Waals surface area contributed by atoms with Crippen LogP contribution in [0.1, 0.15) is 59.3 Å². The fourth-order valence-electron chi connectivity index (χ4n) is 4.21. The fourth-order valence-corrected chi connectivity index (χ4v) is 4.21. The van der Waals surface area contributed by atoms with Gasteiger partial charge < -0.3 is 17.2 Å². The third-order valence-corrected chi connectivity index (χ3v) is 6.11. The second-order valence-corrected chi connectivity index (χ2v) is 8.89. The number of unbranched alkanes of at least 4 members (excludes halogenated alkanes) is 3. The highest BCUT2D eigenvalue weighted by Crippen LogP contribution is 2.35. The zero-order valence-electron chi connectivity index (χ0n) is 21.2. The van der Waals surface area contributed by atoms with Crippen molar-refractivity contribution in [3.63, 3.8) is 0 Å². The van der Waals surface area contributed by atoms with Gasteiger partial charge in [0.15, 0.2) is 19.6 Å². The van der Waals surface area contributed by atoms with E-state index in [0.717, 1.165) is 55.2 Å². The molecule has 0 radical (unpaired) electrons. The van der Waals surface area contributed by atoms with Crippen molar-refractivity contribution in [2.45, 2.75) is 78.9 Å². The first-order valence-corrected chi connectivity index (χ1v) is 12.6. The Kier molecular flexibility index (Phi) is 7.81. The lowest BCUT2D eigenvalue weighted by Crippen LogP contribution is -2.39. The van der Waals surface area contributed by atoms with E-state index in [2.05, 4.69) is 36.6 Å². The lowest BCUT2D eigenvalue weighted by molar-refractivity contribution is -0.753. The quantitative estimate of drug-likeness (QED) is 0.249. The molecule has 4 rings (SSSR count). The predicted molar refractivity (Wildman–Crippen MR) is 131 cm³/mol. The summed E-state index contributed by atoms with van der Waals surface area (Å²) in [6, 6.07) is 5.96. The van der Waals surface area contributed by atoms with Gasteiger partial charge in [0.25, 0.3) is 0 Å². The molecule has 4 aromatic rings. The summed E-state index contributed by atoms with van der Waals surface area (Å²) in [4.78, 5) is 0. The molecule has 192 valence electrons. The van der Waals surface area contributed by atoms with E-state index in [1.54, 1.807) is 14.0 Å². The molecular formula is C24H36N9O3+3. The Balaban J connectivity index is 1.93. The molecule has 0 aliphatic carbocycles. The summed E-state index contributed by atoms with van der Waals surface area (Å²) >= 11 is 0. The number of hydrogen-bond donors (Lipinski definition) is 3. The second kappa shape index (κ2) is 11.2. The van der Waals surface area contributed by atoms with Gasteiger partial charge in [-0.05, 0) is 32.2 Å². The minimum absolute atomic E-state index is 0.225. The number of aryl methyl sites for hydroxylation is 3. The number of nitrogen functional groups attached to an aromatic ring is 3. The number of anilines is 3. The average molecular weight is 499 g/mol. The Morgan fingerprint density at radius 2 is 0.833 bits per heavy atom. The number of nitrogens with zero attached hydrogens (tertiary/aromatic N) is 6. The Bertz CT molecular complexity index is 1140. The van der Waals surface area contributed by atoms with Crippen LogP contribution < -0.4 is 31.2 Å². The first-order valence-electron chi connectivity index (χ1n) is 12.6. The van der Waals surface area contributed by atoms with Crippen LogP contribution in [0.15, 0.2) is 31.8 Å². The number of hydrogen-bond acceptors (Lipinski definition) is 9. The molecule has 6 N–H and O–H groups in total. The summed E-state index contributed by atoms with van der Waals surface area (Å²) in [5.74, 6) is 0.676. The van der Waals surface area contributed by atoms with Gasteiger partial charge in [0, 0.05) is 19.3 Å². The highest BCUT2D eigenvalue weighted by Gasteiger charge is 2.32. The van der Waals surface area contributed by atoms with Crippen molar-refractivity contribution < 1.29 is 27.6 Å². The molecule has 0 saturated heterocycles. The van der Waals surface area contributed by atoms with Gasteiger partial charge in [0.05, 0.1) is 16.7 Å². The summed E-state index contributed by atoms with van der Waals surface area (Å²) in [6.07, 6.45) is 5.82. The monoisotopic (exact) mass is 498 g/mol. The van der Waals surface area contributed by atoms with Crippen LogP contribution in [0, 0.1) is 0 Å². The van der Waals surface area contributed by atoms with Crippen LogP contribution in [0.25, 0.3) is 33.8 Å². The molecule has 3 aromatic heterocycles. The van der Waals surface area contributed by atoms with Gasteiger partial charge in [-0.15, -0.1) is 0 Å². The highest BCUT2D eigenvalue weighted by atomic mass is 16.5. The van der Waals surface area contributed by atoms with Crippen LogP contribution in [0.2, 0.25) is 0 Å². The van der Waals surface area contributed by atoms with Gasteiger partial charge in [-0.1, -0.05) is 40.0 Å². The zero-order valence-corrected chi connectivity index (χ0v) is 21.2. The van der Waals surface area contributed by atoms with Gasteiger partial charge in [0.2, 0.25) is 15.8 Å². The van der Waals surface area contributed by atoms with Crippen LogP contribution in [-0.4, -0.2) is 15.8 Å². The van der Waals surface area contributed by atoms with Gasteiger partial charge in [-0.25, -0.2) is 0 Å². The van der Waals surface area contributed by atoms with Crippen molar-refractivity contribution in [3.8, 4) is 33.8 Å². The third-order valence-electron chi connectivity index (χ3n) is 6.11. The van der Waals surface area contributed by atoms with E-state index >= 15 is 0 Å². The van der Waals surface area contributed by atoms with E-state index in [0.29, 0.717) is 36.7 Å². The molecule has 0 atom stereocenters. The second-order valence-electron chi connectivity index (χ2n) is 8.89. The first kappa shape index (κ1) is 25.1. The molecule has 12 nitrogen and oxygen atoms in total. The molecule has 0 spiro atoms. The summed E-state index contributed by atoms with van der Waals surface area (Å²) in [5.41, 5.74) is 23.2. The average Bonchev–Trinajstić information content (AvgIpc) is 3.55. The largest absolute Gasteiger partial charge is 0.362 e. The Morgan fingerprint density at radius 1 is 0.556 bits per heavy atom. The molecule has 0 saturated carbocycles.